The first-order valence-corrected chi connectivity index (χ1v) is 10.0. The SMILES string of the molecule is CC(Oc1ccc(O)cc1)C(=O)N1CCN(C(=O)c2cccc3ccccc23)CC1. The quantitative estimate of drug-likeness (QED) is 0.724. The third-order valence-corrected chi connectivity index (χ3v) is 5.40. The summed E-state index contributed by atoms with van der Waals surface area (Å²) in [4.78, 5) is 29.3. The predicted molar refractivity (Wildman–Crippen MR) is 115 cm³/mol. The van der Waals surface area contributed by atoms with E-state index in [0.29, 0.717) is 37.5 Å². The standard InChI is InChI=1S/C24H24N2O4/c1-17(30-20-11-9-19(27)10-12-20)23(28)25-13-15-26(16-14-25)24(29)22-8-4-6-18-5-2-3-7-21(18)22/h2-12,17,27H,13-16H2,1H3. The van der Waals surface area contributed by atoms with Gasteiger partial charge >= 0.3 is 0 Å². The van der Waals surface area contributed by atoms with Crippen LogP contribution in [0.2, 0.25) is 0 Å². The molecule has 30 heavy (non-hydrogen) atoms. The molecule has 6 heteroatoms. The summed E-state index contributed by atoms with van der Waals surface area (Å²) in [5.74, 6) is 0.555. The predicted octanol–water partition coefficient (Wildman–Crippen LogP) is 3.30. The van der Waals surface area contributed by atoms with Crippen molar-refractivity contribution >= 4 is 22.6 Å². The van der Waals surface area contributed by atoms with Gasteiger partial charge in [0, 0.05) is 31.7 Å². The molecule has 0 saturated carbocycles. The summed E-state index contributed by atoms with van der Waals surface area (Å²) in [7, 11) is 0. The summed E-state index contributed by atoms with van der Waals surface area (Å²) in [6.45, 7) is 3.62. The maximum absolute atomic E-state index is 13.1. The second-order valence-corrected chi connectivity index (χ2v) is 7.40. The molecule has 1 N–H and O–H groups in total. The maximum Gasteiger partial charge on any atom is 0.263 e. The van der Waals surface area contributed by atoms with Crippen LogP contribution in [-0.4, -0.2) is 59.0 Å². The number of hydrogen-bond donors (Lipinski definition) is 1. The average Bonchev–Trinajstić information content (AvgIpc) is 2.79. The molecule has 0 aliphatic carbocycles. The molecule has 3 aromatic carbocycles. The molecule has 1 atom stereocenters. The fourth-order valence-electron chi connectivity index (χ4n) is 3.75. The van der Waals surface area contributed by atoms with Crippen LogP contribution in [0.15, 0.2) is 66.7 Å². The van der Waals surface area contributed by atoms with E-state index in [9.17, 15) is 14.7 Å². The van der Waals surface area contributed by atoms with Gasteiger partial charge in [-0.15, -0.1) is 0 Å². The normalized spacial score (nSPS) is 15.1. The number of rotatable bonds is 4. The fourth-order valence-corrected chi connectivity index (χ4v) is 3.75. The average molecular weight is 404 g/mol. The summed E-state index contributed by atoms with van der Waals surface area (Å²) in [6.07, 6.45) is -0.644. The minimum atomic E-state index is -0.644. The van der Waals surface area contributed by atoms with Gasteiger partial charge in [-0.1, -0.05) is 36.4 Å². The minimum absolute atomic E-state index is 0.00714. The molecule has 1 aliphatic heterocycles. The van der Waals surface area contributed by atoms with Gasteiger partial charge in [0.25, 0.3) is 11.8 Å². The number of piperazine rings is 1. The summed E-state index contributed by atoms with van der Waals surface area (Å²) < 4.78 is 5.69. The number of aromatic hydroxyl groups is 1. The molecule has 0 aromatic heterocycles. The molecule has 1 saturated heterocycles. The van der Waals surface area contributed by atoms with Crippen molar-refractivity contribution in [3.05, 3.63) is 72.3 Å². The van der Waals surface area contributed by atoms with Crippen LogP contribution < -0.4 is 4.74 Å². The highest BCUT2D eigenvalue weighted by molar-refractivity contribution is 6.07. The first-order valence-electron chi connectivity index (χ1n) is 10.0. The third-order valence-electron chi connectivity index (χ3n) is 5.40. The lowest BCUT2D eigenvalue weighted by molar-refractivity contribution is -0.139. The van der Waals surface area contributed by atoms with Gasteiger partial charge in [-0.3, -0.25) is 9.59 Å². The van der Waals surface area contributed by atoms with E-state index in [1.165, 1.54) is 12.1 Å². The highest BCUT2D eigenvalue weighted by Crippen LogP contribution is 2.21. The Morgan fingerprint density at radius 2 is 1.50 bits per heavy atom. The lowest BCUT2D eigenvalue weighted by atomic mass is 10.0. The number of fused-ring (bicyclic) bond motifs is 1. The molecule has 6 nitrogen and oxygen atoms in total. The number of carbonyl (C=O) groups is 2. The van der Waals surface area contributed by atoms with Crippen LogP contribution in [0.4, 0.5) is 0 Å². The molecule has 0 radical (unpaired) electrons. The van der Waals surface area contributed by atoms with Crippen LogP contribution in [0.25, 0.3) is 10.8 Å². The molecule has 154 valence electrons. The summed E-state index contributed by atoms with van der Waals surface area (Å²) in [5, 5.41) is 11.3. The van der Waals surface area contributed by atoms with Crippen molar-refractivity contribution in [1.29, 1.82) is 0 Å². The molecule has 1 fully saturated rings. The van der Waals surface area contributed by atoms with Gasteiger partial charge in [0.1, 0.15) is 11.5 Å². The number of nitrogens with zero attached hydrogens (tertiary/aromatic N) is 2. The number of phenolic OH excluding ortho intramolecular Hbond substituents is 1. The van der Waals surface area contributed by atoms with Gasteiger partial charge in [0.05, 0.1) is 0 Å². The van der Waals surface area contributed by atoms with E-state index < -0.39 is 6.10 Å². The number of hydrogen-bond acceptors (Lipinski definition) is 4. The van der Waals surface area contributed by atoms with Gasteiger partial charge in [-0.05, 0) is 48.0 Å². The molecule has 4 rings (SSSR count). The Labute approximate surface area is 175 Å². The van der Waals surface area contributed by atoms with E-state index in [2.05, 4.69) is 0 Å². The summed E-state index contributed by atoms with van der Waals surface area (Å²) in [6, 6.07) is 19.9. The van der Waals surface area contributed by atoms with Gasteiger partial charge in [0.2, 0.25) is 0 Å². The van der Waals surface area contributed by atoms with Gasteiger partial charge in [-0.25, -0.2) is 0 Å². The van der Waals surface area contributed by atoms with Gasteiger partial charge in [-0.2, -0.15) is 0 Å². The molecule has 1 heterocycles. The monoisotopic (exact) mass is 404 g/mol. The highest BCUT2D eigenvalue weighted by atomic mass is 16.5. The largest absolute Gasteiger partial charge is 0.508 e. The van der Waals surface area contributed by atoms with Crippen molar-refractivity contribution in [2.45, 2.75) is 13.0 Å². The van der Waals surface area contributed by atoms with Crippen molar-refractivity contribution in [2.75, 3.05) is 26.2 Å². The van der Waals surface area contributed by atoms with Crippen LogP contribution in [0.5, 0.6) is 11.5 Å². The van der Waals surface area contributed by atoms with E-state index >= 15 is 0 Å². The molecule has 0 bridgehead atoms. The first kappa shape index (κ1) is 19.8. The third kappa shape index (κ3) is 4.08. The van der Waals surface area contributed by atoms with E-state index in [1.54, 1.807) is 28.9 Å². The Morgan fingerprint density at radius 3 is 2.23 bits per heavy atom. The van der Waals surface area contributed by atoms with E-state index in [1.807, 2.05) is 42.5 Å². The van der Waals surface area contributed by atoms with Crippen molar-refractivity contribution in [2.24, 2.45) is 0 Å². The Hall–Kier alpha value is -3.54. The van der Waals surface area contributed by atoms with Crippen molar-refractivity contribution in [3.63, 3.8) is 0 Å². The maximum atomic E-state index is 13.1. The number of phenols is 1. The zero-order valence-corrected chi connectivity index (χ0v) is 16.8. The van der Waals surface area contributed by atoms with Crippen LogP contribution >= 0.6 is 0 Å². The molecule has 0 spiro atoms. The minimum Gasteiger partial charge on any atom is -0.508 e. The van der Waals surface area contributed by atoms with Crippen LogP contribution in [0.3, 0.4) is 0 Å². The summed E-state index contributed by atoms with van der Waals surface area (Å²) in [5.41, 5.74) is 0.692. The van der Waals surface area contributed by atoms with Gasteiger partial charge in [0.15, 0.2) is 6.10 Å². The lowest BCUT2D eigenvalue weighted by Gasteiger charge is -2.36. The lowest BCUT2D eigenvalue weighted by Crippen LogP contribution is -2.53. The number of ether oxygens (including phenoxy) is 1. The molecule has 1 unspecified atom stereocenters. The molecule has 3 aromatic rings. The molecule has 1 aliphatic rings. The second kappa shape index (κ2) is 8.45. The zero-order valence-electron chi connectivity index (χ0n) is 16.8. The van der Waals surface area contributed by atoms with Crippen molar-refractivity contribution in [1.82, 2.24) is 9.80 Å². The Morgan fingerprint density at radius 1 is 0.867 bits per heavy atom. The second-order valence-electron chi connectivity index (χ2n) is 7.40. The topological polar surface area (TPSA) is 70.1 Å². The number of benzene rings is 3. The van der Waals surface area contributed by atoms with E-state index in [0.717, 1.165) is 10.8 Å². The Bertz CT molecular complexity index is 1050. The number of carbonyl (C=O) groups excluding carboxylic acids is 2. The molecular formula is C24H24N2O4. The Kier molecular flexibility index (Phi) is 5.57. The fraction of sp³-hybridized carbons (Fsp3) is 0.250. The van der Waals surface area contributed by atoms with Crippen LogP contribution in [0, 0.1) is 0 Å². The van der Waals surface area contributed by atoms with Crippen molar-refractivity contribution < 1.29 is 19.4 Å². The van der Waals surface area contributed by atoms with E-state index in [4.69, 9.17) is 4.74 Å². The Balaban J connectivity index is 1.37. The highest BCUT2D eigenvalue weighted by Gasteiger charge is 2.28. The number of amides is 2. The molecular weight excluding hydrogens is 380 g/mol. The zero-order chi connectivity index (χ0) is 21.1. The smallest absolute Gasteiger partial charge is 0.263 e. The van der Waals surface area contributed by atoms with Crippen LogP contribution in [0.1, 0.15) is 17.3 Å². The van der Waals surface area contributed by atoms with E-state index in [-0.39, 0.29) is 17.6 Å². The first-order chi connectivity index (χ1) is 14.5. The van der Waals surface area contributed by atoms with Gasteiger partial charge < -0.3 is 19.6 Å². The summed E-state index contributed by atoms with van der Waals surface area (Å²) >= 11 is 0. The van der Waals surface area contributed by atoms with Crippen molar-refractivity contribution in [3.8, 4) is 11.5 Å². The molecule has 2 amide bonds. The van der Waals surface area contributed by atoms with Crippen LogP contribution in [-0.2, 0) is 4.79 Å².